The number of para-hydroxylation sites is 1. The Labute approximate surface area is 101 Å². The number of fused-ring (bicyclic) bond motifs is 2. The fraction of sp³-hybridized carbons (Fsp3) is 0. The van der Waals surface area contributed by atoms with Crippen LogP contribution >= 0.6 is 0 Å². The predicted octanol–water partition coefficient (Wildman–Crippen LogP) is 3.19. The number of nitrogens with zero attached hydrogens (tertiary/aromatic N) is 1. The van der Waals surface area contributed by atoms with E-state index in [4.69, 9.17) is 0 Å². The molecule has 15 heavy (non-hydrogen) atoms. The zero-order chi connectivity index (χ0) is 9.38. The third-order valence-corrected chi connectivity index (χ3v) is 2.34. The van der Waals surface area contributed by atoms with Crippen LogP contribution in [-0.2, 0) is 19.5 Å². The Morgan fingerprint density at radius 2 is 1.73 bits per heavy atom. The molecule has 1 aromatic heterocycles. The molecule has 0 N–H and O–H groups in total. The molecule has 73 valence electrons. The van der Waals surface area contributed by atoms with E-state index in [2.05, 4.69) is 23.2 Å². The minimum Gasteiger partial charge on any atom is -0.298 e. The maximum atomic E-state index is 4.55. The molecule has 1 nitrogen and oxygen atoms in total. The van der Waals surface area contributed by atoms with Gasteiger partial charge in [0.05, 0.1) is 5.52 Å². The average molecular weight is 279 g/mol. The summed E-state index contributed by atoms with van der Waals surface area (Å²) >= 11 is 0. The summed E-state index contributed by atoms with van der Waals surface area (Å²) in [7, 11) is 0. The summed E-state index contributed by atoms with van der Waals surface area (Å²) in [5.74, 6) is 0. The van der Waals surface area contributed by atoms with Gasteiger partial charge in [0.15, 0.2) is 0 Å². The Morgan fingerprint density at radius 3 is 2.67 bits per heavy atom. The van der Waals surface area contributed by atoms with Gasteiger partial charge in [0.25, 0.3) is 0 Å². The maximum absolute atomic E-state index is 4.55. The van der Waals surface area contributed by atoms with Gasteiger partial charge in [0.1, 0.15) is 0 Å². The first kappa shape index (κ1) is 10.3. The van der Waals surface area contributed by atoms with Crippen molar-refractivity contribution in [2.24, 2.45) is 0 Å². The van der Waals surface area contributed by atoms with E-state index in [1.165, 1.54) is 5.39 Å². The summed E-state index contributed by atoms with van der Waals surface area (Å²) in [4.78, 5) is 4.55. The number of benzene rings is 2. The molecule has 0 aliphatic heterocycles. The van der Waals surface area contributed by atoms with Gasteiger partial charge in [-0.25, -0.2) is 0 Å². The molecule has 0 fully saturated rings. The molecule has 1 radical (unpaired) electrons. The van der Waals surface area contributed by atoms with E-state index in [1.807, 2.05) is 36.4 Å². The number of rotatable bonds is 0. The Bertz CT molecular complexity index is 499. The number of aromatic nitrogens is 1. The topological polar surface area (TPSA) is 12.9 Å². The second kappa shape index (κ2) is 4.08. The first-order valence-corrected chi connectivity index (χ1v) is 4.60. The molecule has 0 aliphatic carbocycles. The van der Waals surface area contributed by atoms with Crippen LogP contribution in [0, 0.1) is 6.07 Å². The van der Waals surface area contributed by atoms with Gasteiger partial charge in [-0.3, -0.25) is 4.98 Å². The van der Waals surface area contributed by atoms with Crippen LogP contribution in [-0.4, -0.2) is 4.98 Å². The SMILES string of the molecule is [Ru+].[c-]1cccc2nc3ccccc3cc12. The maximum Gasteiger partial charge on any atom is 1.00 e. The number of pyridine rings is 1. The van der Waals surface area contributed by atoms with Gasteiger partial charge in [-0.15, -0.1) is 35.7 Å². The number of hydrogen-bond acceptors (Lipinski definition) is 1. The largest absolute Gasteiger partial charge is 1.00 e. The zero-order valence-corrected chi connectivity index (χ0v) is 9.66. The molecule has 3 rings (SSSR count). The van der Waals surface area contributed by atoms with Crippen LogP contribution in [0.15, 0.2) is 48.5 Å². The standard InChI is InChI=1S/C13H8N.Ru/c1-3-7-12-10(5-1)9-11-6-2-4-8-13(11)14-12;/h1-5,7-9H;/q-1;+1. The molecular weight excluding hydrogens is 271 g/mol. The molecule has 2 aromatic carbocycles. The summed E-state index contributed by atoms with van der Waals surface area (Å²) in [5, 5.41) is 2.24. The Balaban J connectivity index is 0.000000853. The van der Waals surface area contributed by atoms with Gasteiger partial charge in [-0.2, -0.15) is 0 Å². The Hall–Kier alpha value is -1.27. The van der Waals surface area contributed by atoms with Crippen molar-refractivity contribution in [3.05, 3.63) is 54.6 Å². The molecule has 0 spiro atoms. The summed E-state index contributed by atoms with van der Waals surface area (Å²) in [6.07, 6.45) is 0. The normalized spacial score (nSPS) is 10.1. The third kappa shape index (κ3) is 1.78. The van der Waals surface area contributed by atoms with E-state index in [9.17, 15) is 0 Å². The molecule has 0 aliphatic rings. The fourth-order valence-electron chi connectivity index (χ4n) is 1.65. The van der Waals surface area contributed by atoms with Gasteiger partial charge < -0.3 is 0 Å². The summed E-state index contributed by atoms with van der Waals surface area (Å²) in [5.41, 5.74) is 2.05. The van der Waals surface area contributed by atoms with E-state index in [0.717, 1.165) is 16.4 Å². The van der Waals surface area contributed by atoms with E-state index < -0.39 is 0 Å². The van der Waals surface area contributed by atoms with Crippen LogP contribution in [0.3, 0.4) is 0 Å². The van der Waals surface area contributed by atoms with Crippen LogP contribution < -0.4 is 0 Å². The van der Waals surface area contributed by atoms with Crippen molar-refractivity contribution in [2.75, 3.05) is 0 Å². The molecule has 0 saturated heterocycles. The van der Waals surface area contributed by atoms with E-state index in [0.29, 0.717) is 0 Å². The molecule has 0 amide bonds. The molecule has 3 aromatic rings. The van der Waals surface area contributed by atoms with Crippen LogP contribution in [0.1, 0.15) is 0 Å². The monoisotopic (exact) mass is 280 g/mol. The van der Waals surface area contributed by atoms with Crippen molar-refractivity contribution in [3.8, 4) is 0 Å². The molecule has 0 unspecified atom stereocenters. The minimum atomic E-state index is 0. The van der Waals surface area contributed by atoms with E-state index >= 15 is 0 Å². The summed E-state index contributed by atoms with van der Waals surface area (Å²) < 4.78 is 0. The smallest absolute Gasteiger partial charge is 0.298 e. The average Bonchev–Trinajstić information content (AvgIpc) is 2.26. The first-order valence-electron chi connectivity index (χ1n) is 4.60. The van der Waals surface area contributed by atoms with Crippen molar-refractivity contribution in [1.29, 1.82) is 0 Å². The molecule has 0 atom stereocenters. The fourth-order valence-corrected chi connectivity index (χ4v) is 1.65. The molecule has 2 heteroatoms. The molecule has 1 heterocycles. The first-order chi connectivity index (χ1) is 6.93. The number of hydrogen-bond donors (Lipinski definition) is 0. The second-order valence-corrected chi connectivity index (χ2v) is 3.28. The zero-order valence-electron chi connectivity index (χ0n) is 7.92. The second-order valence-electron chi connectivity index (χ2n) is 3.28. The quantitative estimate of drug-likeness (QED) is 0.350. The molecule has 0 bridgehead atoms. The molecule has 0 saturated carbocycles. The van der Waals surface area contributed by atoms with Gasteiger partial charge in [-0.05, 0) is 17.0 Å². The van der Waals surface area contributed by atoms with Gasteiger partial charge in [0.2, 0.25) is 0 Å². The Morgan fingerprint density at radius 1 is 0.933 bits per heavy atom. The summed E-state index contributed by atoms with van der Waals surface area (Å²) in [6, 6.07) is 19.3. The van der Waals surface area contributed by atoms with Crippen LogP contribution in [0.2, 0.25) is 0 Å². The van der Waals surface area contributed by atoms with E-state index in [1.54, 1.807) is 0 Å². The van der Waals surface area contributed by atoms with Crippen molar-refractivity contribution < 1.29 is 19.5 Å². The minimum absolute atomic E-state index is 0. The van der Waals surface area contributed by atoms with Crippen LogP contribution in [0.25, 0.3) is 21.8 Å². The van der Waals surface area contributed by atoms with Crippen molar-refractivity contribution in [3.63, 3.8) is 0 Å². The van der Waals surface area contributed by atoms with E-state index in [-0.39, 0.29) is 19.5 Å². The van der Waals surface area contributed by atoms with Crippen LogP contribution in [0.5, 0.6) is 0 Å². The van der Waals surface area contributed by atoms with Gasteiger partial charge >= 0.3 is 19.5 Å². The van der Waals surface area contributed by atoms with Gasteiger partial charge in [-0.1, -0.05) is 18.2 Å². The summed E-state index contributed by atoms with van der Waals surface area (Å²) in [6.45, 7) is 0. The van der Waals surface area contributed by atoms with Crippen LogP contribution in [0.4, 0.5) is 0 Å². The van der Waals surface area contributed by atoms with Crippen molar-refractivity contribution in [2.45, 2.75) is 0 Å². The third-order valence-electron chi connectivity index (χ3n) is 2.34. The molecular formula is C13H8NRu. The van der Waals surface area contributed by atoms with Crippen molar-refractivity contribution >= 4 is 21.8 Å². The van der Waals surface area contributed by atoms with Crippen molar-refractivity contribution in [1.82, 2.24) is 4.98 Å². The van der Waals surface area contributed by atoms with Gasteiger partial charge in [0, 0.05) is 0 Å². The predicted molar refractivity (Wildman–Crippen MR) is 58.1 cm³/mol. The Kier molecular flexibility index (Phi) is 2.79.